The molecule has 0 unspecified atom stereocenters. The molecule has 0 spiro atoms. The lowest BCUT2D eigenvalue weighted by Gasteiger charge is -2.28. The van der Waals surface area contributed by atoms with Crippen LogP contribution in [-0.4, -0.2) is 24.8 Å². The van der Waals surface area contributed by atoms with Gasteiger partial charge in [-0.25, -0.2) is 4.98 Å². The fourth-order valence-electron chi connectivity index (χ4n) is 3.34. The summed E-state index contributed by atoms with van der Waals surface area (Å²) in [6.07, 6.45) is 0.208. The van der Waals surface area contributed by atoms with Gasteiger partial charge >= 0.3 is 0 Å². The van der Waals surface area contributed by atoms with Crippen LogP contribution in [0.2, 0.25) is 0 Å². The number of hydrogen-bond donors (Lipinski definition) is 1. The molecule has 1 aliphatic rings. The van der Waals surface area contributed by atoms with E-state index in [4.69, 9.17) is 14.2 Å². The molecule has 3 aromatic rings. The number of para-hydroxylation sites is 1. The first kappa shape index (κ1) is 19.3. The number of nitrogens with zero attached hydrogens (tertiary/aromatic N) is 1. The summed E-state index contributed by atoms with van der Waals surface area (Å²) in [5.74, 6) is 2.11. The highest BCUT2D eigenvalue weighted by molar-refractivity contribution is 7.13. The van der Waals surface area contributed by atoms with E-state index < -0.39 is 5.54 Å². The number of rotatable bonds is 6. The van der Waals surface area contributed by atoms with Gasteiger partial charge in [-0.15, -0.1) is 11.3 Å². The molecule has 0 saturated heterocycles. The second-order valence-corrected chi connectivity index (χ2v) is 8.12. The highest BCUT2D eigenvalue weighted by Crippen LogP contribution is 2.36. The molecular formula is C22H22N2O4S. The molecular weight excluding hydrogens is 388 g/mol. The molecule has 1 aliphatic heterocycles. The lowest BCUT2D eigenvalue weighted by molar-refractivity contribution is -0.122. The Kier molecular flexibility index (Phi) is 5.15. The lowest BCUT2D eigenvalue weighted by atomic mass is 9.93. The number of carbonyl (C=O) groups excluding carboxylic acids is 1. The topological polar surface area (TPSA) is 69.7 Å². The first-order valence-corrected chi connectivity index (χ1v) is 10.1. The molecule has 150 valence electrons. The van der Waals surface area contributed by atoms with Crippen molar-refractivity contribution in [2.24, 2.45) is 0 Å². The first-order chi connectivity index (χ1) is 14.0. The smallest absolute Gasteiger partial charge is 0.231 e. The van der Waals surface area contributed by atoms with Crippen molar-refractivity contribution in [3.8, 4) is 27.8 Å². The van der Waals surface area contributed by atoms with Crippen LogP contribution in [0.5, 0.6) is 17.2 Å². The van der Waals surface area contributed by atoms with Crippen molar-refractivity contribution in [3.05, 3.63) is 59.1 Å². The summed E-state index contributed by atoms with van der Waals surface area (Å²) in [6.45, 7) is 4.16. The summed E-state index contributed by atoms with van der Waals surface area (Å²) in [7, 11) is 1.63. The minimum Gasteiger partial charge on any atom is -0.496 e. The molecule has 2 aromatic carbocycles. The number of aromatic nitrogens is 1. The number of amides is 1. The van der Waals surface area contributed by atoms with Gasteiger partial charge in [0, 0.05) is 16.5 Å². The van der Waals surface area contributed by atoms with Gasteiger partial charge in [-0.1, -0.05) is 18.2 Å². The third kappa shape index (κ3) is 4.05. The van der Waals surface area contributed by atoms with Gasteiger partial charge in [0.05, 0.1) is 24.8 Å². The van der Waals surface area contributed by atoms with E-state index in [1.54, 1.807) is 7.11 Å². The molecule has 2 heterocycles. The zero-order chi connectivity index (χ0) is 20.4. The molecule has 0 saturated carbocycles. The van der Waals surface area contributed by atoms with Crippen LogP contribution >= 0.6 is 11.3 Å². The number of benzene rings is 2. The van der Waals surface area contributed by atoms with Gasteiger partial charge in [0.15, 0.2) is 11.5 Å². The second-order valence-electron chi connectivity index (χ2n) is 7.26. The van der Waals surface area contributed by atoms with Gasteiger partial charge < -0.3 is 19.5 Å². The molecule has 6 nitrogen and oxygen atoms in total. The molecule has 0 bridgehead atoms. The van der Waals surface area contributed by atoms with E-state index in [9.17, 15) is 4.79 Å². The second kappa shape index (κ2) is 7.75. The molecule has 0 aliphatic carbocycles. The standard InChI is InChI=1S/C22H22N2O4S/c1-22(2,16-6-4-5-7-17(16)26-3)24-20(25)11-15-12-29-21(23-15)14-8-9-18-19(10-14)28-13-27-18/h4-10,12H,11,13H2,1-3H3,(H,24,25). The van der Waals surface area contributed by atoms with E-state index in [0.717, 1.165) is 39.1 Å². The van der Waals surface area contributed by atoms with Crippen LogP contribution in [-0.2, 0) is 16.8 Å². The molecule has 29 heavy (non-hydrogen) atoms. The molecule has 1 amide bonds. The zero-order valence-corrected chi connectivity index (χ0v) is 17.3. The average molecular weight is 410 g/mol. The fourth-order valence-corrected chi connectivity index (χ4v) is 4.15. The maximum atomic E-state index is 12.7. The number of thiazole rings is 1. The monoisotopic (exact) mass is 410 g/mol. The maximum absolute atomic E-state index is 12.7. The highest BCUT2D eigenvalue weighted by Gasteiger charge is 2.26. The minimum absolute atomic E-state index is 0.0940. The van der Waals surface area contributed by atoms with Crippen molar-refractivity contribution in [2.45, 2.75) is 25.8 Å². The summed E-state index contributed by atoms with van der Waals surface area (Å²) in [6, 6.07) is 13.4. The van der Waals surface area contributed by atoms with Crippen LogP contribution in [0, 0.1) is 0 Å². The Morgan fingerprint density at radius 3 is 2.83 bits per heavy atom. The summed E-state index contributed by atoms with van der Waals surface area (Å²) in [5, 5.41) is 5.84. The van der Waals surface area contributed by atoms with Crippen LogP contribution in [0.15, 0.2) is 47.8 Å². The predicted molar refractivity (Wildman–Crippen MR) is 112 cm³/mol. The van der Waals surface area contributed by atoms with E-state index in [2.05, 4.69) is 10.3 Å². The summed E-state index contributed by atoms with van der Waals surface area (Å²) in [5.41, 5.74) is 2.03. The summed E-state index contributed by atoms with van der Waals surface area (Å²) in [4.78, 5) is 17.3. The van der Waals surface area contributed by atoms with E-state index >= 15 is 0 Å². The van der Waals surface area contributed by atoms with Crippen molar-refractivity contribution < 1.29 is 19.0 Å². The molecule has 1 aromatic heterocycles. The molecule has 1 N–H and O–H groups in total. The third-order valence-electron chi connectivity index (χ3n) is 4.75. The first-order valence-electron chi connectivity index (χ1n) is 9.25. The van der Waals surface area contributed by atoms with E-state index in [0.29, 0.717) is 0 Å². The minimum atomic E-state index is -0.570. The Morgan fingerprint density at radius 1 is 1.21 bits per heavy atom. The SMILES string of the molecule is COc1ccccc1C(C)(C)NC(=O)Cc1csc(-c2ccc3c(c2)OCO3)n1. The fraction of sp³-hybridized carbons (Fsp3) is 0.273. The summed E-state index contributed by atoms with van der Waals surface area (Å²) < 4.78 is 16.2. The van der Waals surface area contributed by atoms with Gasteiger partial charge in [0.25, 0.3) is 0 Å². The van der Waals surface area contributed by atoms with Crippen LogP contribution in [0.3, 0.4) is 0 Å². The Hall–Kier alpha value is -3.06. The zero-order valence-electron chi connectivity index (χ0n) is 16.5. The van der Waals surface area contributed by atoms with E-state index in [1.165, 1.54) is 11.3 Å². The Labute approximate surface area is 173 Å². The normalized spacial score (nSPS) is 12.7. The largest absolute Gasteiger partial charge is 0.496 e. The van der Waals surface area contributed by atoms with Gasteiger partial charge in [0.1, 0.15) is 10.8 Å². The van der Waals surface area contributed by atoms with Gasteiger partial charge in [0.2, 0.25) is 12.7 Å². The number of fused-ring (bicyclic) bond motifs is 1. The van der Waals surface area contributed by atoms with Crippen molar-refractivity contribution in [2.75, 3.05) is 13.9 Å². The number of hydrogen-bond acceptors (Lipinski definition) is 6. The number of nitrogens with one attached hydrogen (secondary N) is 1. The quantitative estimate of drug-likeness (QED) is 0.661. The van der Waals surface area contributed by atoms with Crippen molar-refractivity contribution >= 4 is 17.2 Å². The lowest BCUT2D eigenvalue weighted by Crippen LogP contribution is -2.42. The van der Waals surface area contributed by atoms with Crippen LogP contribution in [0.1, 0.15) is 25.1 Å². The van der Waals surface area contributed by atoms with Crippen LogP contribution in [0.25, 0.3) is 10.6 Å². The van der Waals surface area contributed by atoms with Crippen molar-refractivity contribution in [3.63, 3.8) is 0 Å². The van der Waals surface area contributed by atoms with Crippen molar-refractivity contribution in [1.82, 2.24) is 10.3 Å². The highest BCUT2D eigenvalue weighted by atomic mass is 32.1. The average Bonchev–Trinajstić information content (AvgIpc) is 3.36. The molecule has 0 radical (unpaired) electrons. The Balaban J connectivity index is 1.45. The third-order valence-corrected chi connectivity index (χ3v) is 5.69. The van der Waals surface area contributed by atoms with Crippen LogP contribution in [0.4, 0.5) is 0 Å². The van der Waals surface area contributed by atoms with Gasteiger partial charge in [-0.3, -0.25) is 4.79 Å². The van der Waals surface area contributed by atoms with E-state index in [1.807, 2.05) is 61.7 Å². The molecule has 4 rings (SSSR count). The van der Waals surface area contributed by atoms with E-state index in [-0.39, 0.29) is 19.1 Å². The molecule has 0 fully saturated rings. The Morgan fingerprint density at radius 2 is 2.00 bits per heavy atom. The number of methoxy groups -OCH3 is 1. The van der Waals surface area contributed by atoms with Crippen LogP contribution < -0.4 is 19.5 Å². The van der Waals surface area contributed by atoms with Crippen molar-refractivity contribution in [1.29, 1.82) is 0 Å². The van der Waals surface area contributed by atoms with Gasteiger partial charge in [-0.05, 0) is 38.1 Å². The predicted octanol–water partition coefficient (Wildman–Crippen LogP) is 4.14. The molecule has 0 atom stereocenters. The number of carbonyl (C=O) groups is 1. The van der Waals surface area contributed by atoms with Gasteiger partial charge in [-0.2, -0.15) is 0 Å². The Bertz CT molecular complexity index is 1040. The number of ether oxygens (including phenoxy) is 3. The summed E-state index contributed by atoms with van der Waals surface area (Å²) >= 11 is 1.50. The maximum Gasteiger partial charge on any atom is 0.231 e. The molecule has 7 heteroatoms.